The quantitative estimate of drug-likeness (QED) is 0.728. The maximum Gasteiger partial charge on any atom is 0.351 e. The number of hydrogen-bond donors (Lipinski definition) is 3. The highest BCUT2D eigenvalue weighted by atomic mass is 35.5. The van der Waals surface area contributed by atoms with Crippen molar-refractivity contribution in [3.63, 3.8) is 0 Å². The van der Waals surface area contributed by atoms with Gasteiger partial charge in [-0.05, 0) is 37.5 Å². The Labute approximate surface area is 146 Å². The van der Waals surface area contributed by atoms with E-state index < -0.39 is 5.69 Å². The number of halogens is 1. The van der Waals surface area contributed by atoms with Crippen LogP contribution in [-0.4, -0.2) is 21.0 Å². The third kappa shape index (κ3) is 4.47. The molecule has 0 aliphatic heterocycles. The molecule has 1 aromatic heterocycles. The van der Waals surface area contributed by atoms with Gasteiger partial charge >= 0.3 is 5.69 Å². The summed E-state index contributed by atoms with van der Waals surface area (Å²) in [4.78, 5) is 22.7. The van der Waals surface area contributed by atoms with Gasteiger partial charge in [-0.1, -0.05) is 43.4 Å². The predicted octanol–water partition coefficient (Wildman–Crippen LogP) is 4.01. The van der Waals surface area contributed by atoms with E-state index in [-0.39, 0.29) is 0 Å². The SMILES string of the molecule is Cc1ccc(Nc2nc(NC3CCCCCC3)nc(=O)[nH]2)cc1Cl. The average Bonchev–Trinajstić information content (AvgIpc) is 2.79. The molecule has 24 heavy (non-hydrogen) atoms. The highest BCUT2D eigenvalue weighted by Gasteiger charge is 2.14. The fourth-order valence-electron chi connectivity index (χ4n) is 2.92. The van der Waals surface area contributed by atoms with Crippen LogP contribution in [0.5, 0.6) is 0 Å². The summed E-state index contributed by atoms with van der Waals surface area (Å²) < 4.78 is 0. The minimum Gasteiger partial charge on any atom is -0.351 e. The van der Waals surface area contributed by atoms with Gasteiger partial charge in [0.05, 0.1) is 0 Å². The first-order valence-corrected chi connectivity index (χ1v) is 8.76. The van der Waals surface area contributed by atoms with Gasteiger partial charge in [-0.3, -0.25) is 4.98 Å². The van der Waals surface area contributed by atoms with Crippen molar-refractivity contribution >= 4 is 29.2 Å². The summed E-state index contributed by atoms with van der Waals surface area (Å²) in [7, 11) is 0. The van der Waals surface area contributed by atoms with Gasteiger partial charge in [0, 0.05) is 16.8 Å². The van der Waals surface area contributed by atoms with Crippen LogP contribution in [0, 0.1) is 6.92 Å². The van der Waals surface area contributed by atoms with Gasteiger partial charge in [-0.2, -0.15) is 9.97 Å². The minimum atomic E-state index is -0.429. The highest BCUT2D eigenvalue weighted by Crippen LogP contribution is 2.22. The van der Waals surface area contributed by atoms with Crippen LogP contribution in [0.4, 0.5) is 17.6 Å². The van der Waals surface area contributed by atoms with E-state index in [1.165, 1.54) is 25.7 Å². The number of nitrogens with zero attached hydrogens (tertiary/aromatic N) is 2. The smallest absolute Gasteiger partial charge is 0.351 e. The summed E-state index contributed by atoms with van der Waals surface area (Å²) in [6.07, 6.45) is 7.13. The third-order valence-electron chi connectivity index (χ3n) is 4.27. The van der Waals surface area contributed by atoms with Crippen LogP contribution < -0.4 is 16.3 Å². The van der Waals surface area contributed by atoms with E-state index in [9.17, 15) is 4.79 Å². The molecule has 7 heteroatoms. The lowest BCUT2D eigenvalue weighted by atomic mass is 10.1. The molecule has 128 valence electrons. The molecular formula is C17H22ClN5O. The lowest BCUT2D eigenvalue weighted by Gasteiger charge is -2.16. The van der Waals surface area contributed by atoms with Crippen LogP contribution >= 0.6 is 11.6 Å². The molecule has 3 rings (SSSR count). The molecule has 3 N–H and O–H groups in total. The molecule has 1 aliphatic carbocycles. The number of anilines is 3. The fourth-order valence-corrected chi connectivity index (χ4v) is 3.10. The molecule has 0 radical (unpaired) electrons. The number of nitrogens with one attached hydrogen (secondary N) is 3. The zero-order valence-corrected chi connectivity index (χ0v) is 14.5. The highest BCUT2D eigenvalue weighted by molar-refractivity contribution is 6.31. The molecule has 1 aromatic carbocycles. The number of rotatable bonds is 4. The molecular weight excluding hydrogens is 326 g/mol. The molecule has 0 unspecified atom stereocenters. The first-order valence-electron chi connectivity index (χ1n) is 8.38. The summed E-state index contributed by atoms with van der Waals surface area (Å²) in [6.45, 7) is 1.94. The second-order valence-electron chi connectivity index (χ2n) is 6.25. The largest absolute Gasteiger partial charge is 0.351 e. The van der Waals surface area contributed by atoms with Gasteiger partial charge in [0.25, 0.3) is 0 Å². The Hall–Kier alpha value is -2.08. The third-order valence-corrected chi connectivity index (χ3v) is 4.68. The maximum atomic E-state index is 11.8. The second kappa shape index (κ2) is 7.66. The van der Waals surface area contributed by atoms with Crippen molar-refractivity contribution in [2.24, 2.45) is 0 Å². The van der Waals surface area contributed by atoms with E-state index in [0.717, 1.165) is 24.1 Å². The van der Waals surface area contributed by atoms with Crippen molar-refractivity contribution in [3.8, 4) is 0 Å². The zero-order valence-electron chi connectivity index (χ0n) is 13.7. The molecule has 6 nitrogen and oxygen atoms in total. The number of aromatic amines is 1. The van der Waals surface area contributed by atoms with Crippen molar-refractivity contribution in [3.05, 3.63) is 39.3 Å². The van der Waals surface area contributed by atoms with Crippen molar-refractivity contribution in [2.75, 3.05) is 10.6 Å². The van der Waals surface area contributed by atoms with Gasteiger partial charge in [0.2, 0.25) is 11.9 Å². The number of benzene rings is 1. The van der Waals surface area contributed by atoms with Crippen molar-refractivity contribution in [2.45, 2.75) is 51.5 Å². The van der Waals surface area contributed by atoms with Crippen LogP contribution in [0.15, 0.2) is 23.0 Å². The zero-order chi connectivity index (χ0) is 16.9. The normalized spacial score (nSPS) is 15.8. The molecule has 0 saturated heterocycles. The molecule has 1 fully saturated rings. The molecule has 0 atom stereocenters. The molecule has 1 heterocycles. The van der Waals surface area contributed by atoms with Crippen LogP contribution in [-0.2, 0) is 0 Å². The summed E-state index contributed by atoms with van der Waals surface area (Å²) in [5, 5.41) is 7.03. The molecule has 0 spiro atoms. The monoisotopic (exact) mass is 347 g/mol. The Morgan fingerprint density at radius 2 is 1.92 bits per heavy atom. The number of H-pyrrole nitrogens is 1. The average molecular weight is 348 g/mol. The Balaban J connectivity index is 1.75. The van der Waals surface area contributed by atoms with E-state index in [0.29, 0.717) is 23.0 Å². The molecule has 1 saturated carbocycles. The van der Waals surface area contributed by atoms with Gasteiger partial charge in [0.1, 0.15) is 0 Å². The number of aryl methyl sites for hydroxylation is 1. The van der Waals surface area contributed by atoms with Gasteiger partial charge in [-0.15, -0.1) is 0 Å². The summed E-state index contributed by atoms with van der Waals surface area (Å²) in [6, 6.07) is 5.93. The lowest BCUT2D eigenvalue weighted by molar-refractivity contribution is 0.614. The second-order valence-corrected chi connectivity index (χ2v) is 6.65. The first kappa shape index (κ1) is 16.8. The van der Waals surface area contributed by atoms with Gasteiger partial charge in [-0.25, -0.2) is 4.79 Å². The van der Waals surface area contributed by atoms with E-state index in [1.807, 2.05) is 19.1 Å². The molecule has 0 bridgehead atoms. The van der Waals surface area contributed by atoms with E-state index in [4.69, 9.17) is 11.6 Å². The van der Waals surface area contributed by atoms with Crippen molar-refractivity contribution in [1.29, 1.82) is 0 Å². The fraction of sp³-hybridized carbons (Fsp3) is 0.471. The lowest BCUT2D eigenvalue weighted by Crippen LogP contribution is -2.24. The number of hydrogen-bond acceptors (Lipinski definition) is 5. The van der Waals surface area contributed by atoms with Crippen molar-refractivity contribution in [1.82, 2.24) is 15.0 Å². The van der Waals surface area contributed by atoms with E-state index >= 15 is 0 Å². The summed E-state index contributed by atoms with van der Waals surface area (Å²) >= 11 is 6.13. The Kier molecular flexibility index (Phi) is 5.35. The Bertz CT molecular complexity index is 753. The van der Waals surface area contributed by atoms with E-state index in [1.54, 1.807) is 6.07 Å². The topological polar surface area (TPSA) is 82.7 Å². The van der Waals surface area contributed by atoms with Gasteiger partial charge in [0.15, 0.2) is 0 Å². The van der Waals surface area contributed by atoms with Crippen LogP contribution in [0.3, 0.4) is 0 Å². The predicted molar refractivity (Wildman–Crippen MR) is 97.2 cm³/mol. The first-order chi connectivity index (χ1) is 11.6. The molecule has 0 amide bonds. The number of aromatic nitrogens is 3. The summed E-state index contributed by atoms with van der Waals surface area (Å²) in [5.41, 5.74) is 1.33. The van der Waals surface area contributed by atoms with E-state index in [2.05, 4.69) is 25.6 Å². The molecule has 2 aromatic rings. The van der Waals surface area contributed by atoms with Crippen LogP contribution in [0.2, 0.25) is 5.02 Å². The Morgan fingerprint density at radius 3 is 2.62 bits per heavy atom. The standard InChI is InChI=1S/C17H22ClN5O/c1-11-8-9-13(10-14(11)18)20-16-21-15(22-17(24)23-16)19-12-6-4-2-3-5-7-12/h8-10,12H,2-7H2,1H3,(H3,19,20,21,22,23,24). The Morgan fingerprint density at radius 1 is 1.17 bits per heavy atom. The van der Waals surface area contributed by atoms with Crippen molar-refractivity contribution < 1.29 is 0 Å². The molecule has 1 aliphatic rings. The van der Waals surface area contributed by atoms with Crippen LogP contribution in [0.25, 0.3) is 0 Å². The minimum absolute atomic E-state index is 0.330. The maximum absolute atomic E-state index is 11.8. The summed E-state index contributed by atoms with van der Waals surface area (Å²) in [5.74, 6) is 0.720. The van der Waals surface area contributed by atoms with Crippen LogP contribution in [0.1, 0.15) is 44.1 Å². The van der Waals surface area contributed by atoms with Gasteiger partial charge < -0.3 is 10.6 Å².